The van der Waals surface area contributed by atoms with E-state index in [0.29, 0.717) is 27.3 Å². The normalized spacial score (nSPS) is 11.5. The Morgan fingerprint density at radius 1 is 0.299 bits per heavy atom. The van der Waals surface area contributed by atoms with E-state index < -0.39 is 0 Å². The molecule has 0 fully saturated rings. The summed E-state index contributed by atoms with van der Waals surface area (Å²) in [5, 5.41) is 9.75. The van der Waals surface area contributed by atoms with Crippen molar-refractivity contribution < 1.29 is 9.84 Å². The molecule has 10 aromatic carbocycles. The van der Waals surface area contributed by atoms with Crippen molar-refractivity contribution in [3.8, 4) is 17.2 Å². The van der Waals surface area contributed by atoms with Crippen LogP contribution in [-0.4, -0.2) is 15.1 Å². The predicted octanol–water partition coefficient (Wildman–Crippen LogP) is 26.5. The molecular weight excluding hydrogens is 1300 g/mol. The van der Waals surface area contributed by atoms with Gasteiger partial charge < -0.3 is 9.84 Å². The topological polar surface area (TPSA) is 68.2 Å². The van der Waals surface area contributed by atoms with Crippen molar-refractivity contribution in [3.05, 3.63) is 328 Å². The van der Waals surface area contributed by atoms with Gasteiger partial charge in [-0.25, -0.2) is 9.97 Å². The minimum absolute atomic E-state index is 0.0457. The second-order valence-electron chi connectivity index (χ2n) is 27.8. The first-order chi connectivity index (χ1) is 46.3. The van der Waals surface area contributed by atoms with Crippen LogP contribution in [-0.2, 0) is 21.7 Å². The van der Waals surface area contributed by atoms with Gasteiger partial charge in [0.2, 0.25) is 0 Å². The van der Waals surface area contributed by atoms with Gasteiger partial charge in [-0.2, -0.15) is 0 Å². The van der Waals surface area contributed by atoms with E-state index in [1.807, 2.05) is 127 Å². The molecule has 1 N–H and O–H groups in total. The van der Waals surface area contributed by atoms with Crippen molar-refractivity contribution in [2.75, 3.05) is 19.6 Å². The van der Waals surface area contributed by atoms with Crippen molar-refractivity contribution in [1.29, 1.82) is 0 Å². The quantitative estimate of drug-likeness (QED) is 0.116. The van der Waals surface area contributed by atoms with Gasteiger partial charge in [-0.15, -0.1) is 0 Å². The van der Waals surface area contributed by atoms with Crippen LogP contribution in [0.5, 0.6) is 17.2 Å². The molecule has 12 aromatic rings. The Morgan fingerprint density at radius 2 is 0.577 bits per heavy atom. The van der Waals surface area contributed by atoms with Gasteiger partial charge in [-0.05, 0) is 205 Å². The van der Waals surface area contributed by atoms with Gasteiger partial charge in [0.1, 0.15) is 45.5 Å². The Labute approximate surface area is 593 Å². The van der Waals surface area contributed by atoms with Crippen molar-refractivity contribution in [3.63, 3.8) is 0 Å². The first-order valence-corrected chi connectivity index (χ1v) is 34.2. The Hall–Kier alpha value is -9.64. The molecule has 0 bridgehead atoms. The summed E-state index contributed by atoms with van der Waals surface area (Å²) in [4.78, 5) is 19.2. The molecule has 0 aliphatic rings. The number of aromatic hydroxyl groups is 1. The standard InChI is InChI=1S/C43H42ClN3O.C37H37BrClN3.C6H6O/c1-42(2,3)31-23-27-34(28-24-31)46(35-29-25-32(26-30-35)43(4,5)6)39-21-14-22-40(45-39)47(33-15-9-7-10-16-33)37-19-13-20-38(41(37)44)48-36-17-11-8-12-18-36;1-36(2,3)26-18-22-29(23-19-26)41(30-24-20-27(21-25-30)37(4,5)6)33-16-11-17-34(40-33)42(28-12-8-7-9-13-28)32-15-10-14-31(38)35(32)39;7-6-4-2-1-3-5-6/h7-30H,1-6H3;7-25H,1-6H3;1-5,7H. The summed E-state index contributed by atoms with van der Waals surface area (Å²) >= 11 is 17.6. The zero-order valence-corrected chi connectivity index (χ0v) is 60.5. The lowest BCUT2D eigenvalue weighted by Crippen LogP contribution is -2.17. The molecule has 0 aliphatic heterocycles. The van der Waals surface area contributed by atoms with Crippen molar-refractivity contribution in [1.82, 2.24) is 9.97 Å². The molecule has 2 aromatic heterocycles. The van der Waals surface area contributed by atoms with Crippen LogP contribution in [0.4, 0.5) is 68.8 Å². The van der Waals surface area contributed by atoms with Crippen LogP contribution < -0.4 is 24.3 Å². The molecule has 0 atom stereocenters. The SMILES string of the molecule is CC(C)(C)c1ccc(N(c2ccc(C(C)(C)C)cc2)c2cccc(N(c3ccccc3)c3cccc(Br)c3Cl)n2)cc1.CC(C)(C)c1ccc(N(c2ccc(C(C)(C)C)cc2)c2cccc(N(c3ccccc3)c3cccc(Oc4ccccc4)c3Cl)n2)cc1.Oc1ccccc1. The molecule has 0 aliphatic carbocycles. The maximum absolute atomic E-state index is 8.63. The fourth-order valence-corrected chi connectivity index (χ4v) is 11.8. The molecule has 0 radical (unpaired) electrons. The zero-order valence-electron chi connectivity index (χ0n) is 57.4. The molecule has 8 nitrogen and oxygen atoms in total. The zero-order chi connectivity index (χ0) is 69.1. The Morgan fingerprint density at radius 3 is 0.897 bits per heavy atom. The number of anilines is 12. The lowest BCUT2D eigenvalue weighted by molar-refractivity contribution is 0.475. The number of pyridine rings is 2. The number of benzene rings is 10. The minimum atomic E-state index is 0.0457. The second kappa shape index (κ2) is 30.6. The Balaban J connectivity index is 0.000000192. The fraction of sp³-hybridized carbons (Fsp3) is 0.186. The molecular formula is C86H85BrCl2N6O2. The summed E-state index contributed by atoms with van der Waals surface area (Å²) < 4.78 is 7.06. The van der Waals surface area contributed by atoms with Crippen LogP contribution in [0.15, 0.2) is 296 Å². The molecule has 97 heavy (non-hydrogen) atoms. The minimum Gasteiger partial charge on any atom is -0.508 e. The molecule has 0 amide bonds. The highest BCUT2D eigenvalue weighted by molar-refractivity contribution is 9.10. The summed E-state index contributed by atoms with van der Waals surface area (Å²) in [5.41, 5.74) is 13.0. The molecule has 0 saturated heterocycles. The van der Waals surface area contributed by atoms with Gasteiger partial charge in [0.25, 0.3) is 0 Å². The highest BCUT2D eigenvalue weighted by atomic mass is 79.9. The van der Waals surface area contributed by atoms with Crippen molar-refractivity contribution in [2.45, 2.75) is 105 Å². The number of nitrogens with zero attached hydrogens (tertiary/aromatic N) is 6. The highest BCUT2D eigenvalue weighted by Crippen LogP contribution is 2.47. The van der Waals surface area contributed by atoms with E-state index in [4.69, 9.17) is 43.0 Å². The summed E-state index contributed by atoms with van der Waals surface area (Å²) in [5.74, 6) is 4.69. The lowest BCUT2D eigenvalue weighted by Gasteiger charge is -2.29. The van der Waals surface area contributed by atoms with Gasteiger partial charge >= 0.3 is 0 Å². The number of phenols is 1. The lowest BCUT2D eigenvalue weighted by atomic mass is 9.86. The summed E-state index contributed by atoms with van der Waals surface area (Å²) in [6, 6.07) is 98.0. The molecule has 0 spiro atoms. The van der Waals surface area contributed by atoms with Crippen molar-refractivity contribution >= 4 is 108 Å². The van der Waals surface area contributed by atoms with E-state index in [9.17, 15) is 0 Å². The number of ether oxygens (including phenoxy) is 1. The summed E-state index contributed by atoms with van der Waals surface area (Å²) in [6.07, 6.45) is 0. The summed E-state index contributed by atoms with van der Waals surface area (Å²) in [7, 11) is 0. The average Bonchev–Trinajstić information content (AvgIpc) is 0.789. The van der Waals surface area contributed by atoms with Crippen LogP contribution >= 0.6 is 39.1 Å². The van der Waals surface area contributed by atoms with Gasteiger partial charge in [-0.3, -0.25) is 19.6 Å². The number of rotatable bonds is 14. The Bertz CT molecular complexity index is 4380. The Kier molecular flexibility index (Phi) is 22.1. The monoisotopic (exact) mass is 1380 g/mol. The predicted molar refractivity (Wildman–Crippen MR) is 414 cm³/mol. The smallest absolute Gasteiger partial charge is 0.148 e. The van der Waals surface area contributed by atoms with Crippen LogP contribution in [0.3, 0.4) is 0 Å². The molecule has 11 heteroatoms. The molecule has 2 heterocycles. The number of hydrogen-bond donors (Lipinski definition) is 1. The first kappa shape index (κ1) is 70.2. The van der Waals surface area contributed by atoms with Gasteiger partial charge in [0.15, 0.2) is 0 Å². The van der Waals surface area contributed by atoms with Crippen LogP contribution in [0, 0.1) is 0 Å². The van der Waals surface area contributed by atoms with Crippen molar-refractivity contribution in [2.24, 2.45) is 0 Å². The van der Waals surface area contributed by atoms with E-state index in [1.54, 1.807) is 24.3 Å². The third-order valence-corrected chi connectivity index (χ3v) is 18.1. The average molecular weight is 1390 g/mol. The highest BCUT2D eigenvalue weighted by Gasteiger charge is 2.26. The first-order valence-electron chi connectivity index (χ1n) is 32.7. The van der Waals surface area contributed by atoms with E-state index in [1.165, 1.54) is 22.3 Å². The van der Waals surface area contributed by atoms with E-state index in [-0.39, 0.29) is 21.7 Å². The number of halogens is 3. The summed E-state index contributed by atoms with van der Waals surface area (Å²) in [6.45, 7) is 26.8. The number of hydrogen-bond acceptors (Lipinski definition) is 8. The second-order valence-corrected chi connectivity index (χ2v) is 29.4. The molecule has 0 unspecified atom stereocenters. The number of phenolic OH excluding ortho intramolecular Hbond substituents is 1. The third-order valence-electron chi connectivity index (χ3n) is 16.4. The van der Waals surface area contributed by atoms with Crippen LogP contribution in [0.25, 0.3) is 0 Å². The van der Waals surface area contributed by atoms with Gasteiger partial charge in [-0.1, -0.05) is 252 Å². The molecule has 0 saturated carbocycles. The maximum atomic E-state index is 8.63. The number of aromatic nitrogens is 2. The van der Waals surface area contributed by atoms with Crippen LogP contribution in [0.1, 0.15) is 105 Å². The van der Waals surface area contributed by atoms with E-state index >= 15 is 0 Å². The molecule has 12 rings (SSSR count). The number of para-hydroxylation sites is 4. The largest absolute Gasteiger partial charge is 0.508 e. The van der Waals surface area contributed by atoms with Gasteiger partial charge in [0, 0.05) is 38.6 Å². The van der Waals surface area contributed by atoms with E-state index in [2.05, 4.69) is 258 Å². The third kappa shape index (κ3) is 17.7. The van der Waals surface area contributed by atoms with Crippen LogP contribution in [0.2, 0.25) is 10.0 Å². The van der Waals surface area contributed by atoms with Gasteiger partial charge in [0.05, 0.1) is 16.4 Å². The maximum Gasteiger partial charge on any atom is 0.148 e. The van der Waals surface area contributed by atoms with E-state index in [0.717, 1.165) is 73.2 Å². The molecule has 492 valence electrons. The fourth-order valence-electron chi connectivity index (χ4n) is 11.0.